The molecule has 0 aromatic heterocycles. The fourth-order valence-corrected chi connectivity index (χ4v) is 4.65. The van der Waals surface area contributed by atoms with E-state index in [-0.39, 0.29) is 21.7 Å². The molecule has 34 heavy (non-hydrogen) atoms. The van der Waals surface area contributed by atoms with E-state index in [0.29, 0.717) is 6.61 Å². The summed E-state index contributed by atoms with van der Waals surface area (Å²) in [4.78, 5) is 0. The van der Waals surface area contributed by atoms with Gasteiger partial charge in [0.05, 0.1) is 6.61 Å². The van der Waals surface area contributed by atoms with E-state index < -0.39 is 8.60 Å². The first-order chi connectivity index (χ1) is 15.3. The number of benzene rings is 2. The second kappa shape index (κ2) is 10.2. The Morgan fingerprint density at radius 2 is 0.912 bits per heavy atom. The summed E-state index contributed by atoms with van der Waals surface area (Å²) in [6.45, 7) is 29.2. The molecular weight excluding hydrogens is 439 g/mol. The van der Waals surface area contributed by atoms with Crippen LogP contribution in [0.25, 0.3) is 0 Å². The van der Waals surface area contributed by atoms with Crippen molar-refractivity contribution in [1.29, 1.82) is 0 Å². The van der Waals surface area contributed by atoms with Crippen LogP contribution in [0.3, 0.4) is 0 Å². The van der Waals surface area contributed by atoms with Gasteiger partial charge < -0.3 is 9.05 Å². The molecule has 0 N–H and O–H groups in total. The van der Waals surface area contributed by atoms with Crippen molar-refractivity contribution in [3.05, 3.63) is 58.7 Å². The van der Waals surface area contributed by atoms with Gasteiger partial charge in [0.1, 0.15) is 11.5 Å². The normalized spacial score (nSPS) is 13.4. The van der Waals surface area contributed by atoms with Crippen molar-refractivity contribution in [2.75, 3.05) is 6.61 Å². The molecule has 0 radical (unpaired) electrons. The highest BCUT2D eigenvalue weighted by molar-refractivity contribution is 7.42. The van der Waals surface area contributed by atoms with Gasteiger partial charge in [-0.25, -0.2) is 0 Å². The first-order valence-electron chi connectivity index (χ1n) is 12.4. The van der Waals surface area contributed by atoms with Gasteiger partial charge >= 0.3 is 8.60 Å². The van der Waals surface area contributed by atoms with Crippen LogP contribution in [0.4, 0.5) is 0 Å². The fourth-order valence-electron chi connectivity index (χ4n) is 3.66. The second-order valence-electron chi connectivity index (χ2n) is 13.2. The first kappa shape index (κ1) is 28.7. The van der Waals surface area contributed by atoms with Gasteiger partial charge in [-0.2, -0.15) is 0 Å². The summed E-state index contributed by atoms with van der Waals surface area (Å²) in [6.07, 6.45) is 0. The first-order valence-corrected chi connectivity index (χ1v) is 13.5. The third-order valence-electron chi connectivity index (χ3n) is 5.89. The van der Waals surface area contributed by atoms with Crippen LogP contribution in [0.15, 0.2) is 36.4 Å². The lowest BCUT2D eigenvalue weighted by Gasteiger charge is -2.30. The van der Waals surface area contributed by atoms with Crippen LogP contribution in [0.5, 0.6) is 11.5 Å². The molecule has 0 fully saturated rings. The van der Waals surface area contributed by atoms with Crippen molar-refractivity contribution in [1.82, 2.24) is 0 Å². The third kappa shape index (κ3) is 7.46. The predicted octanol–water partition coefficient (Wildman–Crippen LogP) is 9.60. The monoisotopic (exact) mass is 486 g/mol. The SMILES string of the molecule is CCOP(Oc1ccc(C(C)(C)C)cc1C(C)(C)C)Oc1ccc(C(C)(C)C)cc1C(C)(C)C. The summed E-state index contributed by atoms with van der Waals surface area (Å²) in [7, 11) is -1.62. The van der Waals surface area contributed by atoms with Crippen LogP contribution in [0.1, 0.15) is 112 Å². The highest BCUT2D eigenvalue weighted by atomic mass is 31.2. The maximum atomic E-state index is 6.47. The highest BCUT2D eigenvalue weighted by Gasteiger charge is 2.29. The van der Waals surface area contributed by atoms with Gasteiger partial charge in [0.25, 0.3) is 0 Å². The number of hydrogen-bond donors (Lipinski definition) is 0. The van der Waals surface area contributed by atoms with Gasteiger partial charge in [0.2, 0.25) is 0 Å². The van der Waals surface area contributed by atoms with Crippen LogP contribution < -0.4 is 9.05 Å². The smallest absolute Gasteiger partial charge is 0.417 e. The van der Waals surface area contributed by atoms with Gasteiger partial charge in [-0.1, -0.05) is 107 Å². The Kier molecular flexibility index (Phi) is 8.60. The lowest BCUT2D eigenvalue weighted by atomic mass is 9.80. The summed E-state index contributed by atoms with van der Waals surface area (Å²) in [5.41, 5.74) is 4.89. The zero-order valence-corrected chi connectivity index (χ0v) is 24.7. The van der Waals surface area contributed by atoms with Crippen LogP contribution >= 0.6 is 8.60 Å². The maximum Gasteiger partial charge on any atom is 0.463 e. The highest BCUT2D eigenvalue weighted by Crippen LogP contribution is 2.48. The molecule has 0 saturated carbocycles. The zero-order valence-electron chi connectivity index (χ0n) is 23.8. The van der Waals surface area contributed by atoms with Gasteiger partial charge in [-0.3, -0.25) is 4.52 Å². The molecule has 0 heterocycles. The molecule has 190 valence electrons. The minimum Gasteiger partial charge on any atom is -0.417 e. The fraction of sp³-hybridized carbons (Fsp3) is 0.600. The van der Waals surface area contributed by atoms with Crippen LogP contribution in [0.2, 0.25) is 0 Å². The molecule has 0 atom stereocenters. The van der Waals surface area contributed by atoms with E-state index >= 15 is 0 Å². The molecule has 0 amide bonds. The quantitative estimate of drug-likeness (QED) is 0.380. The van der Waals surface area contributed by atoms with Gasteiger partial charge in [0.15, 0.2) is 0 Å². The van der Waals surface area contributed by atoms with E-state index in [2.05, 4.69) is 119 Å². The molecule has 2 rings (SSSR count). The Labute approximate surface area is 210 Å². The summed E-state index contributed by atoms with van der Waals surface area (Å²) in [5, 5.41) is 0. The minimum absolute atomic E-state index is 0.0656. The zero-order chi connectivity index (χ0) is 26.1. The molecular formula is C30H47O3P. The molecule has 0 aliphatic carbocycles. The summed E-state index contributed by atoms with van der Waals surface area (Å²) < 4.78 is 18.9. The van der Waals surface area contributed by atoms with Crippen molar-refractivity contribution in [2.45, 2.75) is 112 Å². The molecule has 0 aliphatic rings. The molecule has 2 aromatic rings. The Morgan fingerprint density at radius 1 is 0.559 bits per heavy atom. The average molecular weight is 487 g/mol. The predicted molar refractivity (Wildman–Crippen MR) is 147 cm³/mol. The van der Waals surface area contributed by atoms with Crippen molar-refractivity contribution in [3.8, 4) is 11.5 Å². The van der Waals surface area contributed by atoms with Gasteiger partial charge in [-0.05, 0) is 51.8 Å². The Morgan fingerprint density at radius 3 is 1.18 bits per heavy atom. The second-order valence-corrected chi connectivity index (χ2v) is 14.3. The lowest BCUT2D eigenvalue weighted by Crippen LogP contribution is -2.18. The number of hydrogen-bond acceptors (Lipinski definition) is 3. The molecule has 2 aromatic carbocycles. The van der Waals surface area contributed by atoms with E-state index in [9.17, 15) is 0 Å². The van der Waals surface area contributed by atoms with E-state index in [1.165, 1.54) is 11.1 Å². The molecule has 3 nitrogen and oxygen atoms in total. The molecule has 0 unspecified atom stereocenters. The van der Waals surface area contributed by atoms with E-state index in [4.69, 9.17) is 13.6 Å². The Bertz CT molecular complexity index is 889. The van der Waals surface area contributed by atoms with E-state index in [1.54, 1.807) is 0 Å². The van der Waals surface area contributed by atoms with Crippen LogP contribution in [-0.2, 0) is 26.2 Å². The van der Waals surface area contributed by atoms with E-state index in [1.807, 2.05) is 6.92 Å². The Hall–Kier alpha value is -1.57. The van der Waals surface area contributed by atoms with Gasteiger partial charge in [0, 0.05) is 11.1 Å². The van der Waals surface area contributed by atoms with Crippen LogP contribution in [-0.4, -0.2) is 6.61 Å². The van der Waals surface area contributed by atoms with Crippen LogP contribution in [0, 0.1) is 0 Å². The lowest BCUT2D eigenvalue weighted by molar-refractivity contribution is 0.276. The molecule has 4 heteroatoms. The van der Waals surface area contributed by atoms with Crippen molar-refractivity contribution in [3.63, 3.8) is 0 Å². The Balaban J connectivity index is 2.48. The summed E-state index contributed by atoms with van der Waals surface area (Å²) in [5.74, 6) is 1.65. The molecule has 0 spiro atoms. The standard InChI is InChI=1S/C30H47O3P/c1-14-31-34(32-25-17-15-21(27(2,3)4)19-23(25)29(8,9)10)33-26-18-16-22(28(5,6)7)20-24(26)30(11,12)13/h15-20H,14H2,1-13H3. The van der Waals surface area contributed by atoms with E-state index in [0.717, 1.165) is 22.6 Å². The minimum atomic E-state index is -1.62. The third-order valence-corrected chi connectivity index (χ3v) is 7.05. The maximum absolute atomic E-state index is 6.47. The summed E-state index contributed by atoms with van der Waals surface area (Å²) in [6, 6.07) is 13.0. The van der Waals surface area contributed by atoms with Crippen molar-refractivity contribution < 1.29 is 13.6 Å². The van der Waals surface area contributed by atoms with Crippen molar-refractivity contribution in [2.24, 2.45) is 0 Å². The molecule has 0 aliphatic heterocycles. The van der Waals surface area contributed by atoms with Gasteiger partial charge in [-0.15, -0.1) is 0 Å². The largest absolute Gasteiger partial charge is 0.463 e. The molecule has 0 bridgehead atoms. The summed E-state index contributed by atoms with van der Waals surface area (Å²) >= 11 is 0. The average Bonchev–Trinajstić information content (AvgIpc) is 2.65. The molecule has 0 saturated heterocycles. The topological polar surface area (TPSA) is 27.7 Å². The van der Waals surface area contributed by atoms with Crippen molar-refractivity contribution >= 4 is 8.60 Å². The number of rotatable bonds is 6.